The van der Waals surface area contributed by atoms with Crippen molar-refractivity contribution >= 4 is 35.0 Å². The van der Waals surface area contributed by atoms with E-state index in [9.17, 15) is 4.79 Å². The van der Waals surface area contributed by atoms with Gasteiger partial charge in [-0.05, 0) is 62.1 Å². The van der Waals surface area contributed by atoms with Crippen LogP contribution in [0.4, 0.5) is 10.5 Å². The molecule has 1 aromatic rings. The van der Waals surface area contributed by atoms with E-state index in [2.05, 4.69) is 5.32 Å². The maximum absolute atomic E-state index is 12.2. The quantitative estimate of drug-likeness (QED) is 0.771. The Labute approximate surface area is 140 Å². The van der Waals surface area contributed by atoms with Crippen molar-refractivity contribution in [2.45, 2.75) is 44.6 Å². The van der Waals surface area contributed by atoms with Gasteiger partial charge >= 0.3 is 6.09 Å². The summed E-state index contributed by atoms with van der Waals surface area (Å²) in [6.07, 6.45) is 7.12. The number of ether oxygens (including phenoxy) is 1. The van der Waals surface area contributed by atoms with E-state index in [4.69, 9.17) is 27.9 Å². The average molecular weight is 340 g/mol. The molecule has 3 aliphatic carbocycles. The maximum atomic E-state index is 12.2. The van der Waals surface area contributed by atoms with Crippen LogP contribution in [0.5, 0.6) is 0 Å². The van der Waals surface area contributed by atoms with E-state index in [-0.39, 0.29) is 17.6 Å². The second kappa shape index (κ2) is 5.31. The fourth-order valence-corrected chi connectivity index (χ4v) is 5.46. The average Bonchev–Trinajstić information content (AvgIpc) is 3.10. The largest absolute Gasteiger partial charge is 0.445 e. The summed E-state index contributed by atoms with van der Waals surface area (Å²) in [4.78, 5) is 12.2. The number of benzene rings is 1. The molecule has 1 aromatic carbocycles. The molecule has 1 N–H and O–H groups in total. The van der Waals surface area contributed by atoms with Crippen LogP contribution in [0.3, 0.4) is 0 Å². The van der Waals surface area contributed by atoms with Crippen LogP contribution in [0.2, 0.25) is 10.0 Å². The van der Waals surface area contributed by atoms with Crippen molar-refractivity contribution in [3.05, 3.63) is 28.2 Å². The van der Waals surface area contributed by atoms with Gasteiger partial charge in [0.15, 0.2) is 0 Å². The molecule has 3 nitrogen and oxygen atoms in total. The number of carbonyl (C=O) groups excluding carboxylic acids is 1. The monoisotopic (exact) mass is 339 g/mol. The van der Waals surface area contributed by atoms with Crippen LogP contribution in [0.25, 0.3) is 0 Å². The molecule has 1 amide bonds. The molecule has 5 heteroatoms. The number of anilines is 1. The zero-order valence-corrected chi connectivity index (χ0v) is 13.8. The molecule has 0 aliphatic heterocycles. The van der Waals surface area contributed by atoms with Crippen LogP contribution in [0.1, 0.15) is 38.5 Å². The Morgan fingerprint density at radius 3 is 2.91 bits per heavy atom. The SMILES string of the molecule is O=C(Nc1ccc(Cl)c(Cl)c1)O[C@@H]1C[C@H]2CC[C@@]13CCC[C@@H]23. The Morgan fingerprint density at radius 2 is 2.09 bits per heavy atom. The molecule has 4 atom stereocenters. The van der Waals surface area contributed by atoms with Gasteiger partial charge in [0, 0.05) is 11.1 Å². The van der Waals surface area contributed by atoms with E-state index in [0.29, 0.717) is 15.7 Å². The van der Waals surface area contributed by atoms with E-state index in [1.165, 1.54) is 32.1 Å². The van der Waals surface area contributed by atoms with Crippen LogP contribution in [0.15, 0.2) is 18.2 Å². The highest BCUT2D eigenvalue weighted by Crippen LogP contribution is 2.66. The zero-order chi connectivity index (χ0) is 15.3. The Morgan fingerprint density at radius 1 is 1.23 bits per heavy atom. The second-order valence-corrected chi connectivity index (χ2v) is 7.73. The van der Waals surface area contributed by atoms with Crippen LogP contribution in [0, 0.1) is 17.3 Å². The van der Waals surface area contributed by atoms with Gasteiger partial charge in [0.2, 0.25) is 0 Å². The summed E-state index contributed by atoms with van der Waals surface area (Å²) in [6.45, 7) is 0. The molecule has 22 heavy (non-hydrogen) atoms. The first-order chi connectivity index (χ1) is 10.6. The van der Waals surface area contributed by atoms with Crippen molar-refractivity contribution in [3.8, 4) is 0 Å². The predicted octanol–water partition coefficient (Wildman–Crippen LogP) is 5.51. The van der Waals surface area contributed by atoms with Crippen LogP contribution >= 0.6 is 23.2 Å². The molecule has 118 valence electrons. The summed E-state index contributed by atoms with van der Waals surface area (Å²) in [6, 6.07) is 5.04. The lowest BCUT2D eigenvalue weighted by Gasteiger charge is -2.33. The van der Waals surface area contributed by atoms with Crippen molar-refractivity contribution in [1.29, 1.82) is 0 Å². The molecule has 3 saturated carbocycles. The number of rotatable bonds is 2. The lowest BCUT2D eigenvalue weighted by atomic mass is 9.78. The molecular formula is C17H19Cl2NO2. The zero-order valence-electron chi connectivity index (χ0n) is 12.3. The first kappa shape index (κ1) is 14.6. The van der Waals surface area contributed by atoms with E-state index < -0.39 is 0 Å². The Balaban J connectivity index is 1.43. The normalized spacial score (nSPS) is 35.5. The Bertz CT molecular complexity index is 617. The minimum Gasteiger partial charge on any atom is -0.445 e. The molecule has 4 rings (SSSR count). The van der Waals surface area contributed by atoms with E-state index in [0.717, 1.165) is 18.3 Å². The molecule has 2 bridgehead atoms. The van der Waals surface area contributed by atoms with E-state index in [1.807, 2.05) is 0 Å². The summed E-state index contributed by atoms with van der Waals surface area (Å²) in [5.41, 5.74) is 0.891. The molecule has 0 aromatic heterocycles. The number of carbonyl (C=O) groups is 1. The van der Waals surface area contributed by atoms with Crippen molar-refractivity contribution in [2.24, 2.45) is 17.3 Å². The van der Waals surface area contributed by atoms with Gasteiger partial charge < -0.3 is 4.74 Å². The van der Waals surface area contributed by atoms with E-state index in [1.54, 1.807) is 18.2 Å². The fraction of sp³-hybridized carbons (Fsp3) is 0.588. The molecule has 3 aliphatic rings. The highest BCUT2D eigenvalue weighted by atomic mass is 35.5. The summed E-state index contributed by atoms with van der Waals surface area (Å²) < 4.78 is 5.80. The number of hydrogen-bond acceptors (Lipinski definition) is 2. The molecule has 0 radical (unpaired) electrons. The molecule has 0 saturated heterocycles. The van der Waals surface area contributed by atoms with Crippen molar-refractivity contribution in [2.75, 3.05) is 5.32 Å². The highest BCUT2D eigenvalue weighted by Gasteiger charge is 2.62. The number of amides is 1. The third-order valence-corrected chi connectivity index (χ3v) is 6.76. The summed E-state index contributed by atoms with van der Waals surface area (Å²) in [5, 5.41) is 3.67. The lowest BCUT2D eigenvalue weighted by Crippen LogP contribution is -2.36. The molecule has 3 fully saturated rings. The highest BCUT2D eigenvalue weighted by molar-refractivity contribution is 6.42. The predicted molar refractivity (Wildman–Crippen MR) is 87.5 cm³/mol. The Kier molecular flexibility index (Phi) is 3.54. The van der Waals surface area contributed by atoms with Gasteiger partial charge in [-0.1, -0.05) is 29.6 Å². The van der Waals surface area contributed by atoms with Gasteiger partial charge in [-0.25, -0.2) is 4.79 Å². The standard InChI is InChI=1S/C17H19Cl2NO2/c18-13-4-3-11(9-14(13)19)20-16(21)22-15-8-10-5-7-17(15)6-1-2-12(10)17/h3-4,9-10,12,15H,1-2,5-8H2,(H,20,21)/t10-,12+,15-,17-/m1/s1. The topological polar surface area (TPSA) is 38.3 Å². The Hall–Kier alpha value is -0.930. The molecular weight excluding hydrogens is 321 g/mol. The van der Waals surface area contributed by atoms with Crippen LogP contribution in [-0.4, -0.2) is 12.2 Å². The van der Waals surface area contributed by atoms with Gasteiger partial charge in [-0.2, -0.15) is 0 Å². The molecule has 0 spiro atoms. The van der Waals surface area contributed by atoms with Gasteiger partial charge in [-0.15, -0.1) is 0 Å². The first-order valence-electron chi connectivity index (χ1n) is 8.01. The summed E-state index contributed by atoms with van der Waals surface area (Å²) in [5.74, 6) is 1.56. The van der Waals surface area contributed by atoms with E-state index >= 15 is 0 Å². The fourth-order valence-electron chi connectivity index (χ4n) is 5.16. The summed E-state index contributed by atoms with van der Waals surface area (Å²) in [7, 11) is 0. The minimum atomic E-state index is -0.379. The van der Waals surface area contributed by atoms with Gasteiger partial charge in [0.1, 0.15) is 6.10 Å². The van der Waals surface area contributed by atoms with Crippen molar-refractivity contribution in [1.82, 2.24) is 0 Å². The lowest BCUT2D eigenvalue weighted by molar-refractivity contribution is 0.0173. The number of hydrogen-bond donors (Lipinski definition) is 1. The third kappa shape index (κ3) is 2.21. The van der Waals surface area contributed by atoms with Crippen molar-refractivity contribution in [3.63, 3.8) is 0 Å². The smallest absolute Gasteiger partial charge is 0.411 e. The second-order valence-electron chi connectivity index (χ2n) is 6.91. The van der Waals surface area contributed by atoms with Crippen LogP contribution < -0.4 is 5.32 Å². The number of nitrogens with one attached hydrogen (secondary N) is 1. The minimum absolute atomic E-state index is 0.0847. The molecule has 0 heterocycles. The van der Waals surface area contributed by atoms with Crippen LogP contribution in [-0.2, 0) is 4.74 Å². The van der Waals surface area contributed by atoms with Gasteiger partial charge in [-0.3, -0.25) is 5.32 Å². The first-order valence-corrected chi connectivity index (χ1v) is 8.77. The van der Waals surface area contributed by atoms with Gasteiger partial charge in [0.25, 0.3) is 0 Å². The molecule has 0 unspecified atom stereocenters. The summed E-state index contributed by atoms with van der Waals surface area (Å²) >= 11 is 11.8. The van der Waals surface area contributed by atoms with Gasteiger partial charge in [0.05, 0.1) is 10.0 Å². The third-order valence-electron chi connectivity index (χ3n) is 6.02. The van der Waals surface area contributed by atoms with Crippen molar-refractivity contribution < 1.29 is 9.53 Å². The maximum Gasteiger partial charge on any atom is 0.411 e. The number of halogens is 2.